The van der Waals surface area contributed by atoms with Crippen LogP contribution in [0.25, 0.3) is 6.08 Å². The summed E-state index contributed by atoms with van der Waals surface area (Å²) in [5, 5.41) is 11.1. The summed E-state index contributed by atoms with van der Waals surface area (Å²) in [7, 11) is 1.35. The summed E-state index contributed by atoms with van der Waals surface area (Å²) in [5.41, 5.74) is 1.97. The molecule has 7 nitrogen and oxygen atoms in total. The fraction of sp³-hybridized carbons (Fsp3) is 0.111. The molecule has 0 amide bonds. The molecule has 1 heterocycles. The van der Waals surface area contributed by atoms with E-state index in [1.54, 1.807) is 12.1 Å². The summed E-state index contributed by atoms with van der Waals surface area (Å²) in [6, 6.07) is 9.85. The van der Waals surface area contributed by atoms with Gasteiger partial charge in [0.05, 0.1) is 12.0 Å². The van der Waals surface area contributed by atoms with Gasteiger partial charge in [-0.05, 0) is 48.4 Å². The monoisotopic (exact) mass is 416 g/mol. The highest BCUT2D eigenvalue weighted by atomic mass is 79.9. The molecule has 0 radical (unpaired) electrons. The number of nitro benzene ring substituents is 1. The maximum Gasteiger partial charge on any atom is 0.363 e. The van der Waals surface area contributed by atoms with Gasteiger partial charge in [-0.1, -0.05) is 22.0 Å². The zero-order valence-electron chi connectivity index (χ0n) is 13.9. The third kappa shape index (κ3) is 3.50. The first-order valence-electron chi connectivity index (χ1n) is 7.50. The number of carbonyl (C=O) groups is 1. The van der Waals surface area contributed by atoms with Crippen molar-refractivity contribution in [3.8, 4) is 5.75 Å². The number of hydrogen-bond donors (Lipinski definition) is 0. The molecule has 0 aromatic heterocycles. The summed E-state index contributed by atoms with van der Waals surface area (Å²) in [6.07, 6.45) is 1.44. The zero-order valence-corrected chi connectivity index (χ0v) is 15.4. The third-order valence-electron chi connectivity index (χ3n) is 3.73. The maximum atomic E-state index is 12.1. The Morgan fingerprint density at radius 1 is 1.27 bits per heavy atom. The number of carbonyl (C=O) groups excluding carboxylic acids is 1. The van der Waals surface area contributed by atoms with Crippen LogP contribution in [0.5, 0.6) is 5.75 Å². The highest BCUT2D eigenvalue weighted by molar-refractivity contribution is 9.10. The van der Waals surface area contributed by atoms with Gasteiger partial charge in [0.1, 0.15) is 0 Å². The van der Waals surface area contributed by atoms with Crippen molar-refractivity contribution in [2.24, 2.45) is 4.99 Å². The van der Waals surface area contributed by atoms with Gasteiger partial charge in [0.25, 0.3) is 0 Å². The van der Waals surface area contributed by atoms with Crippen LogP contribution in [0, 0.1) is 17.0 Å². The van der Waals surface area contributed by atoms with Crippen LogP contribution in [0.1, 0.15) is 16.7 Å². The van der Waals surface area contributed by atoms with Crippen LogP contribution < -0.4 is 4.74 Å². The second-order valence-electron chi connectivity index (χ2n) is 5.49. The Morgan fingerprint density at radius 3 is 2.69 bits per heavy atom. The van der Waals surface area contributed by atoms with Crippen molar-refractivity contribution >= 4 is 39.6 Å². The van der Waals surface area contributed by atoms with Crippen molar-refractivity contribution in [2.45, 2.75) is 6.92 Å². The molecular formula is C18H13BrN2O5. The van der Waals surface area contributed by atoms with E-state index in [-0.39, 0.29) is 23.0 Å². The lowest BCUT2D eigenvalue weighted by Gasteiger charge is -2.02. The number of hydrogen-bond acceptors (Lipinski definition) is 6. The molecule has 2 aromatic rings. The van der Waals surface area contributed by atoms with Crippen molar-refractivity contribution in [3.63, 3.8) is 0 Å². The minimum Gasteiger partial charge on any atom is -0.490 e. The Morgan fingerprint density at radius 2 is 2.04 bits per heavy atom. The van der Waals surface area contributed by atoms with E-state index in [1.165, 1.54) is 25.3 Å². The molecule has 0 aliphatic carbocycles. The standard InChI is InChI=1S/C18H13BrN2O5/c1-10-7-12(4-5-13(10)19)17-20-14(18(22)26-17)8-11-3-6-16(25-2)15(9-11)21(23)24/h3-9H,1-2H3/b14-8-. The van der Waals surface area contributed by atoms with Gasteiger partial charge >= 0.3 is 11.7 Å². The van der Waals surface area contributed by atoms with Gasteiger partial charge in [0.15, 0.2) is 11.4 Å². The number of cyclic esters (lactones) is 1. The molecule has 8 heteroatoms. The second kappa shape index (κ2) is 7.09. The SMILES string of the molecule is COc1ccc(/C=C2\N=C(c3ccc(Br)c(C)c3)OC2=O)cc1[N+](=O)[O-]. The van der Waals surface area contributed by atoms with E-state index in [0.717, 1.165) is 10.0 Å². The van der Waals surface area contributed by atoms with Gasteiger partial charge in [-0.25, -0.2) is 9.79 Å². The fourth-order valence-corrected chi connectivity index (χ4v) is 2.65. The maximum absolute atomic E-state index is 12.1. The van der Waals surface area contributed by atoms with Crippen LogP contribution in [-0.4, -0.2) is 23.9 Å². The van der Waals surface area contributed by atoms with Crippen molar-refractivity contribution in [1.82, 2.24) is 0 Å². The molecule has 132 valence electrons. The fourth-order valence-electron chi connectivity index (χ4n) is 2.41. The van der Waals surface area contributed by atoms with Crippen molar-refractivity contribution in [2.75, 3.05) is 7.11 Å². The molecule has 2 aromatic carbocycles. The second-order valence-corrected chi connectivity index (χ2v) is 6.34. The van der Waals surface area contributed by atoms with E-state index in [0.29, 0.717) is 11.1 Å². The lowest BCUT2D eigenvalue weighted by molar-refractivity contribution is -0.385. The molecule has 1 aliphatic rings. The van der Waals surface area contributed by atoms with E-state index in [2.05, 4.69) is 20.9 Å². The molecule has 0 spiro atoms. The Bertz CT molecular complexity index is 982. The summed E-state index contributed by atoms with van der Waals surface area (Å²) >= 11 is 3.41. The molecule has 26 heavy (non-hydrogen) atoms. The minimum absolute atomic E-state index is 0.0695. The number of aryl methyl sites for hydroxylation is 1. The van der Waals surface area contributed by atoms with Gasteiger partial charge in [0, 0.05) is 16.1 Å². The quantitative estimate of drug-likeness (QED) is 0.324. The molecule has 0 saturated carbocycles. The molecule has 0 fully saturated rings. The first kappa shape index (κ1) is 17.8. The number of rotatable bonds is 4. The number of aliphatic imine (C=N–C) groups is 1. The van der Waals surface area contributed by atoms with E-state index in [9.17, 15) is 14.9 Å². The molecule has 0 N–H and O–H groups in total. The summed E-state index contributed by atoms with van der Waals surface area (Å²) < 4.78 is 11.1. The normalized spacial score (nSPS) is 15.0. The predicted molar refractivity (Wildman–Crippen MR) is 99.1 cm³/mol. The third-order valence-corrected chi connectivity index (χ3v) is 4.62. The Labute approximate surface area is 157 Å². The Balaban J connectivity index is 1.97. The molecule has 3 rings (SSSR count). The number of halogens is 1. The molecular weight excluding hydrogens is 404 g/mol. The molecule has 0 bridgehead atoms. The number of nitrogens with zero attached hydrogens (tertiary/aromatic N) is 2. The number of nitro groups is 1. The number of esters is 1. The van der Waals surface area contributed by atoms with Crippen LogP contribution in [-0.2, 0) is 9.53 Å². The minimum atomic E-state index is -0.612. The van der Waals surface area contributed by atoms with Crippen molar-refractivity contribution < 1.29 is 19.2 Å². The highest BCUT2D eigenvalue weighted by Gasteiger charge is 2.25. The van der Waals surface area contributed by atoms with Gasteiger partial charge in [-0.2, -0.15) is 0 Å². The summed E-state index contributed by atoms with van der Waals surface area (Å²) in [6.45, 7) is 1.91. The first-order chi connectivity index (χ1) is 12.4. The topological polar surface area (TPSA) is 91.0 Å². The average molecular weight is 417 g/mol. The Kier molecular flexibility index (Phi) is 4.85. The van der Waals surface area contributed by atoms with Crippen LogP contribution in [0.2, 0.25) is 0 Å². The molecule has 0 saturated heterocycles. The average Bonchev–Trinajstić information content (AvgIpc) is 2.98. The van der Waals surface area contributed by atoms with Gasteiger partial charge in [-0.15, -0.1) is 0 Å². The van der Waals surface area contributed by atoms with Crippen LogP contribution in [0.15, 0.2) is 51.6 Å². The number of methoxy groups -OCH3 is 1. The van der Waals surface area contributed by atoms with E-state index in [4.69, 9.17) is 9.47 Å². The molecule has 1 aliphatic heterocycles. The lowest BCUT2D eigenvalue weighted by atomic mass is 10.1. The van der Waals surface area contributed by atoms with Crippen LogP contribution in [0.4, 0.5) is 5.69 Å². The highest BCUT2D eigenvalue weighted by Crippen LogP contribution is 2.29. The smallest absolute Gasteiger partial charge is 0.363 e. The first-order valence-corrected chi connectivity index (χ1v) is 8.30. The lowest BCUT2D eigenvalue weighted by Crippen LogP contribution is -2.05. The largest absolute Gasteiger partial charge is 0.490 e. The van der Waals surface area contributed by atoms with E-state index < -0.39 is 10.9 Å². The summed E-state index contributed by atoms with van der Waals surface area (Å²) in [4.78, 5) is 26.9. The van der Waals surface area contributed by atoms with Crippen LogP contribution >= 0.6 is 15.9 Å². The van der Waals surface area contributed by atoms with Gasteiger partial charge < -0.3 is 9.47 Å². The van der Waals surface area contributed by atoms with Crippen molar-refractivity contribution in [3.05, 3.63) is 73.4 Å². The summed E-state index contributed by atoms with van der Waals surface area (Å²) in [5.74, 6) is -0.278. The zero-order chi connectivity index (χ0) is 18.8. The number of benzene rings is 2. The van der Waals surface area contributed by atoms with E-state index in [1.807, 2.05) is 19.1 Å². The predicted octanol–water partition coefficient (Wildman–Crippen LogP) is 4.02. The molecule has 0 unspecified atom stereocenters. The van der Waals surface area contributed by atoms with Crippen LogP contribution in [0.3, 0.4) is 0 Å². The van der Waals surface area contributed by atoms with E-state index >= 15 is 0 Å². The van der Waals surface area contributed by atoms with Gasteiger partial charge in [-0.3, -0.25) is 10.1 Å². The van der Waals surface area contributed by atoms with Crippen molar-refractivity contribution in [1.29, 1.82) is 0 Å². The number of ether oxygens (including phenoxy) is 2. The van der Waals surface area contributed by atoms with Gasteiger partial charge in [0.2, 0.25) is 5.90 Å². The Hall–Kier alpha value is -3.00. The molecule has 0 atom stereocenters.